The average Bonchev–Trinajstić information content (AvgIpc) is 2.34. The Kier molecular flexibility index (Phi) is 7.34. The summed E-state index contributed by atoms with van der Waals surface area (Å²) in [6.45, 7) is 14.9. The molecule has 0 aliphatic carbocycles. The number of hydrogen-bond donors (Lipinski definition) is 2. The third kappa shape index (κ3) is 6.36. The molecule has 0 spiro atoms. The van der Waals surface area contributed by atoms with E-state index in [1.165, 1.54) is 0 Å². The van der Waals surface area contributed by atoms with Gasteiger partial charge in [-0.3, -0.25) is 14.6 Å². The Bertz CT molecular complexity index is 254. The third-order valence-corrected chi connectivity index (χ3v) is 3.60. The summed E-state index contributed by atoms with van der Waals surface area (Å²) in [6.07, 6.45) is 0. The van der Waals surface area contributed by atoms with E-state index < -0.39 is 0 Å². The van der Waals surface area contributed by atoms with Gasteiger partial charge in [-0.15, -0.1) is 0 Å². The van der Waals surface area contributed by atoms with E-state index in [0.717, 1.165) is 39.3 Å². The van der Waals surface area contributed by atoms with Crippen LogP contribution in [0.5, 0.6) is 0 Å². The maximum Gasteiger partial charge on any atom is 0.234 e. The SMILES string of the molecule is CC(C)N(CCNC(=O)CN1CCNCC1)C(C)C. The lowest BCUT2D eigenvalue weighted by molar-refractivity contribution is -0.122. The zero-order valence-electron chi connectivity index (χ0n) is 12.9. The number of nitrogens with zero attached hydrogens (tertiary/aromatic N) is 2. The lowest BCUT2D eigenvalue weighted by atomic mass is 10.2. The molecule has 2 N–H and O–H groups in total. The summed E-state index contributed by atoms with van der Waals surface area (Å²) in [5.41, 5.74) is 0. The first-order chi connectivity index (χ1) is 9.00. The van der Waals surface area contributed by atoms with Crippen LogP contribution in [0, 0.1) is 0 Å². The summed E-state index contributed by atoms with van der Waals surface area (Å²) in [5.74, 6) is 0.148. The van der Waals surface area contributed by atoms with Crippen molar-refractivity contribution >= 4 is 5.91 Å². The smallest absolute Gasteiger partial charge is 0.234 e. The van der Waals surface area contributed by atoms with Crippen molar-refractivity contribution in [2.24, 2.45) is 0 Å². The second-order valence-electron chi connectivity index (χ2n) is 5.80. The molecule has 1 fully saturated rings. The first-order valence-corrected chi connectivity index (χ1v) is 7.46. The molecule has 19 heavy (non-hydrogen) atoms. The third-order valence-electron chi connectivity index (χ3n) is 3.60. The summed E-state index contributed by atoms with van der Waals surface area (Å²) in [5, 5.41) is 6.32. The van der Waals surface area contributed by atoms with Gasteiger partial charge in [-0.1, -0.05) is 0 Å². The van der Waals surface area contributed by atoms with E-state index in [-0.39, 0.29) is 5.91 Å². The summed E-state index contributed by atoms with van der Waals surface area (Å²) in [4.78, 5) is 16.4. The maximum atomic E-state index is 11.8. The Hall–Kier alpha value is -0.650. The largest absolute Gasteiger partial charge is 0.354 e. The van der Waals surface area contributed by atoms with Crippen LogP contribution in [0.1, 0.15) is 27.7 Å². The van der Waals surface area contributed by atoms with Crippen LogP contribution in [0.25, 0.3) is 0 Å². The van der Waals surface area contributed by atoms with Crippen LogP contribution in [0.3, 0.4) is 0 Å². The zero-order valence-corrected chi connectivity index (χ0v) is 12.9. The van der Waals surface area contributed by atoms with E-state index in [1.807, 2.05) is 0 Å². The number of piperazine rings is 1. The molecule has 0 aromatic carbocycles. The highest BCUT2D eigenvalue weighted by atomic mass is 16.2. The molecule has 5 heteroatoms. The molecular formula is C14H30N4O. The molecule has 1 aliphatic rings. The molecule has 0 aromatic heterocycles. The summed E-state index contributed by atoms with van der Waals surface area (Å²) >= 11 is 0. The van der Waals surface area contributed by atoms with Gasteiger partial charge in [0.25, 0.3) is 0 Å². The fourth-order valence-corrected chi connectivity index (χ4v) is 2.57. The molecule has 1 aliphatic heterocycles. The number of carbonyl (C=O) groups excluding carboxylic acids is 1. The van der Waals surface area contributed by atoms with Crippen molar-refractivity contribution < 1.29 is 4.79 Å². The quantitative estimate of drug-likeness (QED) is 0.690. The molecule has 112 valence electrons. The van der Waals surface area contributed by atoms with Crippen LogP contribution in [-0.4, -0.2) is 73.6 Å². The summed E-state index contributed by atoms with van der Waals surface area (Å²) in [7, 11) is 0. The Balaban J connectivity index is 2.18. The van der Waals surface area contributed by atoms with E-state index in [1.54, 1.807) is 0 Å². The Morgan fingerprint density at radius 3 is 2.32 bits per heavy atom. The monoisotopic (exact) mass is 270 g/mol. The Labute approximate surface area is 117 Å². The van der Waals surface area contributed by atoms with Gasteiger partial charge in [-0.2, -0.15) is 0 Å². The second-order valence-corrected chi connectivity index (χ2v) is 5.80. The van der Waals surface area contributed by atoms with E-state index in [0.29, 0.717) is 18.6 Å². The van der Waals surface area contributed by atoms with E-state index in [9.17, 15) is 4.79 Å². The number of hydrogen-bond acceptors (Lipinski definition) is 4. The minimum absolute atomic E-state index is 0.148. The van der Waals surface area contributed by atoms with Gasteiger partial charge in [0, 0.05) is 51.4 Å². The molecule has 0 bridgehead atoms. The standard InChI is InChI=1S/C14H30N4O/c1-12(2)18(13(3)4)10-7-16-14(19)11-17-8-5-15-6-9-17/h12-13,15H,5-11H2,1-4H3,(H,16,19). The number of amides is 1. The van der Waals surface area contributed by atoms with Crippen molar-refractivity contribution in [3.63, 3.8) is 0 Å². The predicted molar refractivity (Wildman–Crippen MR) is 79.3 cm³/mol. The normalized spacial score (nSPS) is 17.4. The molecule has 0 aromatic rings. The number of nitrogens with one attached hydrogen (secondary N) is 2. The van der Waals surface area contributed by atoms with E-state index in [2.05, 4.69) is 48.1 Å². The van der Waals surface area contributed by atoms with Crippen LogP contribution >= 0.6 is 0 Å². The Morgan fingerprint density at radius 1 is 1.21 bits per heavy atom. The molecular weight excluding hydrogens is 240 g/mol. The second kappa shape index (κ2) is 8.51. The average molecular weight is 270 g/mol. The summed E-state index contributed by atoms with van der Waals surface area (Å²) < 4.78 is 0. The van der Waals surface area contributed by atoms with Crippen molar-refractivity contribution in [2.75, 3.05) is 45.8 Å². The van der Waals surface area contributed by atoms with Gasteiger partial charge in [-0.05, 0) is 27.7 Å². The van der Waals surface area contributed by atoms with Gasteiger partial charge in [0.05, 0.1) is 6.54 Å². The van der Waals surface area contributed by atoms with Crippen LogP contribution < -0.4 is 10.6 Å². The van der Waals surface area contributed by atoms with Gasteiger partial charge in [0.15, 0.2) is 0 Å². The van der Waals surface area contributed by atoms with Gasteiger partial charge < -0.3 is 10.6 Å². The molecule has 1 amide bonds. The fraction of sp³-hybridized carbons (Fsp3) is 0.929. The van der Waals surface area contributed by atoms with Crippen molar-refractivity contribution in [1.29, 1.82) is 0 Å². The minimum atomic E-state index is 0.148. The van der Waals surface area contributed by atoms with Crippen molar-refractivity contribution in [3.8, 4) is 0 Å². The van der Waals surface area contributed by atoms with Crippen LogP contribution in [0.15, 0.2) is 0 Å². The van der Waals surface area contributed by atoms with Crippen LogP contribution in [-0.2, 0) is 4.79 Å². The fourth-order valence-electron chi connectivity index (χ4n) is 2.57. The van der Waals surface area contributed by atoms with Crippen molar-refractivity contribution in [2.45, 2.75) is 39.8 Å². The van der Waals surface area contributed by atoms with E-state index in [4.69, 9.17) is 0 Å². The molecule has 1 rings (SSSR count). The molecule has 0 saturated carbocycles. The van der Waals surface area contributed by atoms with Crippen molar-refractivity contribution in [3.05, 3.63) is 0 Å². The highest BCUT2D eigenvalue weighted by molar-refractivity contribution is 5.78. The van der Waals surface area contributed by atoms with Crippen LogP contribution in [0.4, 0.5) is 0 Å². The van der Waals surface area contributed by atoms with Gasteiger partial charge in [-0.25, -0.2) is 0 Å². The van der Waals surface area contributed by atoms with Crippen molar-refractivity contribution in [1.82, 2.24) is 20.4 Å². The molecule has 1 saturated heterocycles. The van der Waals surface area contributed by atoms with Crippen LogP contribution in [0.2, 0.25) is 0 Å². The van der Waals surface area contributed by atoms with Gasteiger partial charge in [0.1, 0.15) is 0 Å². The Morgan fingerprint density at radius 2 is 1.79 bits per heavy atom. The maximum absolute atomic E-state index is 11.8. The summed E-state index contributed by atoms with van der Waals surface area (Å²) in [6, 6.07) is 1.04. The van der Waals surface area contributed by atoms with Gasteiger partial charge in [0.2, 0.25) is 5.91 Å². The highest BCUT2D eigenvalue weighted by Crippen LogP contribution is 2.03. The van der Waals surface area contributed by atoms with Gasteiger partial charge >= 0.3 is 0 Å². The molecule has 0 atom stereocenters. The van der Waals surface area contributed by atoms with E-state index >= 15 is 0 Å². The molecule has 1 heterocycles. The topological polar surface area (TPSA) is 47.6 Å². The molecule has 0 radical (unpaired) electrons. The first-order valence-electron chi connectivity index (χ1n) is 7.46. The molecule has 5 nitrogen and oxygen atoms in total. The lowest BCUT2D eigenvalue weighted by Crippen LogP contribution is -2.48. The number of carbonyl (C=O) groups is 1. The predicted octanol–water partition coefficient (Wildman–Crippen LogP) is 0.127. The highest BCUT2D eigenvalue weighted by Gasteiger charge is 2.15. The first kappa shape index (κ1) is 16.4. The molecule has 0 unspecified atom stereocenters. The number of rotatable bonds is 7. The zero-order chi connectivity index (χ0) is 14.3. The minimum Gasteiger partial charge on any atom is -0.354 e. The lowest BCUT2D eigenvalue weighted by Gasteiger charge is -2.31.